The van der Waals surface area contributed by atoms with E-state index in [0.717, 1.165) is 16.0 Å². The first-order valence-electron chi connectivity index (χ1n) is 4.38. The fraction of sp³-hybridized carbons (Fsp3) is 0. The molecule has 0 unspecified atom stereocenters. The highest BCUT2D eigenvalue weighted by molar-refractivity contribution is 7.80. The Kier molecular flexibility index (Phi) is 2.84. The van der Waals surface area contributed by atoms with E-state index in [2.05, 4.69) is 17.6 Å². The van der Waals surface area contributed by atoms with Crippen molar-refractivity contribution >= 4 is 30.0 Å². The van der Waals surface area contributed by atoms with Crippen LogP contribution in [-0.2, 0) is 0 Å². The standard InChI is InChI=1S/C11H9ClN2S/c12-10-8(5-6-14-11(10)13)7-3-1-2-4-9(7)15/h1-6,15H,(H2,13,14). The van der Waals surface area contributed by atoms with Gasteiger partial charge in [0.25, 0.3) is 0 Å². The Balaban J connectivity index is 2.65. The Labute approximate surface area is 98.5 Å². The summed E-state index contributed by atoms with van der Waals surface area (Å²) in [5, 5.41) is 0.471. The lowest BCUT2D eigenvalue weighted by atomic mass is 10.1. The molecule has 0 saturated heterocycles. The molecule has 1 aromatic heterocycles. The molecule has 2 N–H and O–H groups in total. The van der Waals surface area contributed by atoms with Gasteiger partial charge in [0.05, 0.1) is 5.02 Å². The van der Waals surface area contributed by atoms with Crippen molar-refractivity contribution in [2.24, 2.45) is 0 Å². The fourth-order valence-electron chi connectivity index (χ4n) is 1.37. The van der Waals surface area contributed by atoms with Crippen LogP contribution in [0.4, 0.5) is 5.82 Å². The molecule has 0 fully saturated rings. The number of anilines is 1. The van der Waals surface area contributed by atoms with Gasteiger partial charge in [-0.1, -0.05) is 29.8 Å². The second kappa shape index (κ2) is 4.13. The minimum Gasteiger partial charge on any atom is -0.382 e. The molecule has 0 atom stereocenters. The van der Waals surface area contributed by atoms with Crippen molar-refractivity contribution in [2.45, 2.75) is 4.90 Å². The molecule has 0 amide bonds. The van der Waals surface area contributed by atoms with Crippen LogP contribution < -0.4 is 5.73 Å². The molecule has 1 heterocycles. The molecule has 0 spiro atoms. The third-order valence-electron chi connectivity index (χ3n) is 2.11. The number of nitrogen functional groups attached to an aromatic ring is 1. The summed E-state index contributed by atoms with van der Waals surface area (Å²) in [4.78, 5) is 4.78. The molecule has 0 radical (unpaired) electrons. The van der Waals surface area contributed by atoms with Gasteiger partial charge in [-0.25, -0.2) is 4.98 Å². The van der Waals surface area contributed by atoms with Crippen LogP contribution in [0.25, 0.3) is 11.1 Å². The van der Waals surface area contributed by atoms with Crippen LogP contribution in [0.3, 0.4) is 0 Å². The SMILES string of the molecule is Nc1nccc(-c2ccccc2S)c1Cl. The molecule has 0 aliphatic carbocycles. The Bertz CT molecular complexity index is 500. The monoisotopic (exact) mass is 236 g/mol. The van der Waals surface area contributed by atoms with Crippen LogP contribution in [0, 0.1) is 0 Å². The van der Waals surface area contributed by atoms with E-state index < -0.39 is 0 Å². The van der Waals surface area contributed by atoms with Gasteiger partial charge in [-0.15, -0.1) is 12.6 Å². The van der Waals surface area contributed by atoms with Crippen LogP contribution in [0.15, 0.2) is 41.4 Å². The number of halogens is 1. The van der Waals surface area contributed by atoms with E-state index >= 15 is 0 Å². The van der Waals surface area contributed by atoms with Gasteiger partial charge in [0.2, 0.25) is 0 Å². The molecule has 0 saturated carbocycles. The summed E-state index contributed by atoms with van der Waals surface area (Å²) >= 11 is 10.4. The average Bonchev–Trinajstić information content (AvgIpc) is 2.23. The topological polar surface area (TPSA) is 38.9 Å². The highest BCUT2D eigenvalue weighted by Gasteiger charge is 2.08. The number of pyridine rings is 1. The predicted molar refractivity (Wildman–Crippen MR) is 66.3 cm³/mol. The quantitative estimate of drug-likeness (QED) is 0.746. The van der Waals surface area contributed by atoms with Crippen molar-refractivity contribution in [1.29, 1.82) is 0 Å². The molecule has 2 rings (SSSR count). The minimum atomic E-state index is 0.339. The normalized spacial score (nSPS) is 10.3. The summed E-state index contributed by atoms with van der Waals surface area (Å²) in [6.07, 6.45) is 1.64. The van der Waals surface area contributed by atoms with Crippen LogP contribution in [0.1, 0.15) is 0 Å². The predicted octanol–water partition coefficient (Wildman–Crippen LogP) is 3.27. The highest BCUT2D eigenvalue weighted by atomic mass is 35.5. The summed E-state index contributed by atoms with van der Waals surface area (Å²) in [5.41, 5.74) is 7.45. The molecule has 76 valence electrons. The molecule has 15 heavy (non-hydrogen) atoms. The molecule has 0 aliphatic heterocycles. The van der Waals surface area contributed by atoms with E-state index in [4.69, 9.17) is 17.3 Å². The van der Waals surface area contributed by atoms with Crippen LogP contribution in [0.2, 0.25) is 5.02 Å². The van der Waals surface area contributed by atoms with Crippen molar-refractivity contribution in [3.8, 4) is 11.1 Å². The third-order valence-corrected chi connectivity index (χ3v) is 2.90. The number of nitrogens with zero attached hydrogens (tertiary/aromatic N) is 1. The first-order valence-corrected chi connectivity index (χ1v) is 5.21. The van der Waals surface area contributed by atoms with Gasteiger partial charge in [0.15, 0.2) is 0 Å². The lowest BCUT2D eigenvalue weighted by Gasteiger charge is -2.07. The highest BCUT2D eigenvalue weighted by Crippen LogP contribution is 2.33. The van der Waals surface area contributed by atoms with Crippen molar-refractivity contribution in [3.63, 3.8) is 0 Å². The molecule has 1 aromatic carbocycles. The zero-order chi connectivity index (χ0) is 10.8. The number of hydrogen-bond acceptors (Lipinski definition) is 3. The Morgan fingerprint density at radius 3 is 2.60 bits per heavy atom. The third kappa shape index (κ3) is 1.94. The van der Waals surface area contributed by atoms with Gasteiger partial charge in [-0.2, -0.15) is 0 Å². The van der Waals surface area contributed by atoms with E-state index in [-0.39, 0.29) is 0 Å². The minimum absolute atomic E-state index is 0.339. The Hall–Kier alpha value is -1.19. The fourth-order valence-corrected chi connectivity index (χ4v) is 1.86. The Morgan fingerprint density at radius 1 is 1.13 bits per heavy atom. The van der Waals surface area contributed by atoms with Crippen molar-refractivity contribution in [2.75, 3.05) is 5.73 Å². The number of nitrogens with two attached hydrogens (primary N) is 1. The smallest absolute Gasteiger partial charge is 0.142 e. The second-order valence-electron chi connectivity index (χ2n) is 3.07. The van der Waals surface area contributed by atoms with Gasteiger partial charge < -0.3 is 5.73 Å². The van der Waals surface area contributed by atoms with Gasteiger partial charge in [0, 0.05) is 16.7 Å². The van der Waals surface area contributed by atoms with Crippen LogP contribution >= 0.6 is 24.2 Å². The van der Waals surface area contributed by atoms with Crippen molar-refractivity contribution in [3.05, 3.63) is 41.6 Å². The zero-order valence-electron chi connectivity index (χ0n) is 7.81. The molecule has 0 aliphatic rings. The summed E-state index contributed by atoms with van der Waals surface area (Å²) in [6, 6.07) is 9.54. The zero-order valence-corrected chi connectivity index (χ0v) is 9.46. The van der Waals surface area contributed by atoms with Crippen LogP contribution in [0.5, 0.6) is 0 Å². The summed E-state index contributed by atoms with van der Waals surface area (Å²) in [7, 11) is 0. The van der Waals surface area contributed by atoms with E-state index in [0.29, 0.717) is 10.8 Å². The number of rotatable bonds is 1. The number of benzene rings is 1. The molecular formula is C11H9ClN2S. The Morgan fingerprint density at radius 2 is 1.87 bits per heavy atom. The summed E-state index contributed by atoms with van der Waals surface area (Å²) < 4.78 is 0. The average molecular weight is 237 g/mol. The van der Waals surface area contributed by atoms with E-state index in [1.165, 1.54) is 0 Å². The summed E-state index contributed by atoms with van der Waals surface area (Å²) in [5.74, 6) is 0.339. The van der Waals surface area contributed by atoms with Gasteiger partial charge >= 0.3 is 0 Å². The number of thiol groups is 1. The maximum Gasteiger partial charge on any atom is 0.142 e. The van der Waals surface area contributed by atoms with E-state index in [1.54, 1.807) is 6.20 Å². The lowest BCUT2D eigenvalue weighted by molar-refractivity contribution is 1.33. The van der Waals surface area contributed by atoms with Crippen molar-refractivity contribution < 1.29 is 0 Å². The maximum atomic E-state index is 6.08. The maximum absolute atomic E-state index is 6.08. The first kappa shape index (κ1) is 10.3. The molecule has 2 nitrogen and oxygen atoms in total. The lowest BCUT2D eigenvalue weighted by Crippen LogP contribution is -1.92. The summed E-state index contributed by atoms with van der Waals surface area (Å²) in [6.45, 7) is 0. The molecule has 4 heteroatoms. The largest absolute Gasteiger partial charge is 0.382 e. The number of hydrogen-bond donors (Lipinski definition) is 2. The second-order valence-corrected chi connectivity index (χ2v) is 3.93. The van der Waals surface area contributed by atoms with Gasteiger partial charge in [0.1, 0.15) is 5.82 Å². The molecule has 0 bridgehead atoms. The van der Waals surface area contributed by atoms with Gasteiger partial charge in [-0.05, 0) is 17.7 Å². The van der Waals surface area contributed by atoms with Crippen molar-refractivity contribution in [1.82, 2.24) is 4.98 Å². The van der Waals surface area contributed by atoms with Crippen LogP contribution in [-0.4, -0.2) is 4.98 Å². The molecule has 2 aromatic rings. The molecular weight excluding hydrogens is 228 g/mol. The first-order chi connectivity index (χ1) is 7.20. The van der Waals surface area contributed by atoms with E-state index in [9.17, 15) is 0 Å². The number of aromatic nitrogens is 1. The van der Waals surface area contributed by atoms with Gasteiger partial charge in [-0.3, -0.25) is 0 Å². The van der Waals surface area contributed by atoms with E-state index in [1.807, 2.05) is 30.3 Å².